The zero-order valence-corrected chi connectivity index (χ0v) is 19.2. The minimum Gasteiger partial charge on any atom is -0.456 e. The zero-order valence-electron chi connectivity index (χ0n) is 16.9. The maximum atomic E-state index is 13.2. The maximum Gasteiger partial charge on any atom is 0.471 e. The van der Waals surface area contributed by atoms with Gasteiger partial charge in [-0.25, -0.2) is 8.42 Å². The van der Waals surface area contributed by atoms with E-state index in [9.17, 15) is 26.4 Å². The van der Waals surface area contributed by atoms with E-state index in [-0.39, 0.29) is 20.6 Å². The van der Waals surface area contributed by atoms with E-state index in [1.54, 1.807) is 24.3 Å². The van der Waals surface area contributed by atoms with Crippen LogP contribution < -0.4 is 10.1 Å². The number of carbonyl (C=O) groups is 1. The number of alkyl halides is 3. The number of ether oxygens (including phenoxy) is 1. The van der Waals surface area contributed by atoms with Crippen LogP contribution in [0.1, 0.15) is 18.5 Å². The van der Waals surface area contributed by atoms with Crippen LogP contribution in [0, 0.1) is 0 Å². The molecule has 3 aromatic carbocycles. The summed E-state index contributed by atoms with van der Waals surface area (Å²) in [4.78, 5) is 10.8. The van der Waals surface area contributed by atoms with E-state index >= 15 is 0 Å². The summed E-state index contributed by atoms with van der Waals surface area (Å²) in [5.41, 5.74) is 0.292. The van der Waals surface area contributed by atoms with Crippen LogP contribution in [0.2, 0.25) is 10.0 Å². The van der Waals surface area contributed by atoms with E-state index < -0.39 is 28.0 Å². The molecule has 1 N–H and O–H groups in total. The molecule has 0 saturated carbocycles. The van der Waals surface area contributed by atoms with Gasteiger partial charge in [-0.3, -0.25) is 4.79 Å². The highest BCUT2D eigenvalue weighted by atomic mass is 35.5. The average molecular weight is 518 g/mol. The molecule has 5 nitrogen and oxygen atoms in total. The number of rotatable bonds is 6. The van der Waals surface area contributed by atoms with Gasteiger partial charge in [-0.2, -0.15) is 13.2 Å². The van der Waals surface area contributed by atoms with E-state index in [0.717, 1.165) is 0 Å². The fourth-order valence-corrected chi connectivity index (χ4v) is 4.49. The molecule has 0 aliphatic carbocycles. The van der Waals surface area contributed by atoms with Crippen LogP contribution in [0.3, 0.4) is 0 Å². The predicted molar refractivity (Wildman–Crippen MR) is 117 cm³/mol. The van der Waals surface area contributed by atoms with Crippen molar-refractivity contribution in [2.75, 3.05) is 0 Å². The third-order valence-corrected chi connectivity index (χ3v) is 6.83. The predicted octanol–water partition coefficient (Wildman–Crippen LogP) is 6.36. The van der Waals surface area contributed by atoms with Gasteiger partial charge in [0, 0.05) is 16.1 Å². The Balaban J connectivity index is 1.90. The Hall–Kier alpha value is -2.75. The zero-order chi connectivity index (χ0) is 24.4. The van der Waals surface area contributed by atoms with Crippen molar-refractivity contribution >= 4 is 38.9 Å². The monoisotopic (exact) mass is 517 g/mol. The Morgan fingerprint density at radius 3 is 2.09 bits per heavy atom. The summed E-state index contributed by atoms with van der Waals surface area (Å²) in [7, 11) is -4.08. The van der Waals surface area contributed by atoms with Gasteiger partial charge in [0.25, 0.3) is 0 Å². The average Bonchev–Trinajstić information content (AvgIpc) is 2.74. The SMILES string of the molecule is CC(NC(=O)C(F)(F)F)c1ccc(S(=O)(=O)c2ccc(Cl)cc2Oc2ccc(Cl)cc2)cc1. The fraction of sp³-hybridized carbons (Fsp3) is 0.136. The second kappa shape index (κ2) is 9.62. The number of hydrogen-bond donors (Lipinski definition) is 1. The number of halogens is 5. The smallest absolute Gasteiger partial charge is 0.456 e. The van der Waals surface area contributed by atoms with Crippen LogP contribution in [0.5, 0.6) is 11.5 Å². The van der Waals surface area contributed by atoms with E-state index in [2.05, 4.69) is 0 Å². The molecule has 0 radical (unpaired) electrons. The molecule has 0 fully saturated rings. The molecule has 1 unspecified atom stereocenters. The molecule has 1 atom stereocenters. The summed E-state index contributed by atoms with van der Waals surface area (Å²) in [5, 5.41) is 2.54. The molecule has 1 amide bonds. The lowest BCUT2D eigenvalue weighted by Crippen LogP contribution is -2.38. The number of carbonyl (C=O) groups excluding carboxylic acids is 1. The topological polar surface area (TPSA) is 72.5 Å². The van der Waals surface area contributed by atoms with Gasteiger partial charge in [-0.05, 0) is 61.0 Å². The minimum absolute atomic E-state index is 0.0142. The van der Waals surface area contributed by atoms with Gasteiger partial charge in [-0.15, -0.1) is 0 Å². The third-order valence-electron chi connectivity index (χ3n) is 4.53. The highest BCUT2D eigenvalue weighted by Gasteiger charge is 2.39. The van der Waals surface area contributed by atoms with Gasteiger partial charge >= 0.3 is 12.1 Å². The lowest BCUT2D eigenvalue weighted by atomic mass is 10.1. The van der Waals surface area contributed by atoms with Gasteiger partial charge in [0.05, 0.1) is 10.9 Å². The van der Waals surface area contributed by atoms with Crippen molar-refractivity contribution in [3.8, 4) is 11.5 Å². The largest absolute Gasteiger partial charge is 0.471 e. The molecule has 0 bridgehead atoms. The van der Waals surface area contributed by atoms with E-state index in [1.165, 1.54) is 49.4 Å². The summed E-state index contributed by atoms with van der Waals surface area (Å²) in [6, 6.07) is 14.4. The molecule has 3 aromatic rings. The van der Waals surface area contributed by atoms with Crippen molar-refractivity contribution in [1.82, 2.24) is 5.32 Å². The number of benzene rings is 3. The minimum atomic E-state index is -5.02. The lowest BCUT2D eigenvalue weighted by molar-refractivity contribution is -0.174. The maximum absolute atomic E-state index is 13.2. The molecular weight excluding hydrogens is 502 g/mol. The van der Waals surface area contributed by atoms with E-state index in [0.29, 0.717) is 16.3 Å². The highest BCUT2D eigenvalue weighted by molar-refractivity contribution is 7.91. The molecule has 0 aromatic heterocycles. The Kier molecular flexibility index (Phi) is 7.26. The summed E-state index contributed by atoms with van der Waals surface area (Å²) < 4.78 is 69.6. The Labute approximate surface area is 198 Å². The summed E-state index contributed by atoms with van der Waals surface area (Å²) in [6.45, 7) is 1.35. The first-order chi connectivity index (χ1) is 15.4. The first-order valence-corrected chi connectivity index (χ1v) is 11.6. The van der Waals surface area contributed by atoms with Gasteiger partial charge < -0.3 is 10.1 Å². The summed E-state index contributed by atoms with van der Waals surface area (Å²) >= 11 is 11.9. The molecule has 0 aliphatic rings. The van der Waals surface area contributed by atoms with Crippen LogP contribution in [0.15, 0.2) is 76.5 Å². The van der Waals surface area contributed by atoms with Gasteiger partial charge in [0.2, 0.25) is 9.84 Å². The van der Waals surface area contributed by atoms with Crippen LogP contribution >= 0.6 is 23.2 Å². The second-order valence-electron chi connectivity index (χ2n) is 6.91. The first-order valence-electron chi connectivity index (χ1n) is 9.33. The van der Waals surface area contributed by atoms with Crippen molar-refractivity contribution in [2.24, 2.45) is 0 Å². The Bertz CT molecular complexity index is 1260. The van der Waals surface area contributed by atoms with Gasteiger partial charge in [0.1, 0.15) is 16.4 Å². The summed E-state index contributed by atoms with van der Waals surface area (Å²) in [5.74, 6) is -1.76. The standard InChI is InChI=1S/C22H16Cl2F3NO4S/c1-13(28-21(29)22(25,26)27)14-2-9-18(10-3-14)33(30,31)20-11-6-16(24)12-19(20)32-17-7-4-15(23)5-8-17/h2-13H,1H3,(H,28,29). The van der Waals surface area contributed by atoms with E-state index in [4.69, 9.17) is 27.9 Å². The molecule has 3 rings (SSSR count). The van der Waals surface area contributed by atoms with Crippen LogP contribution in [0.25, 0.3) is 0 Å². The Morgan fingerprint density at radius 1 is 0.939 bits per heavy atom. The van der Waals surface area contributed by atoms with Gasteiger partial charge in [0.15, 0.2) is 0 Å². The van der Waals surface area contributed by atoms with Crippen LogP contribution in [-0.2, 0) is 14.6 Å². The third kappa shape index (κ3) is 5.98. The number of sulfone groups is 1. The quantitative estimate of drug-likeness (QED) is 0.413. The Morgan fingerprint density at radius 2 is 1.52 bits per heavy atom. The number of hydrogen-bond acceptors (Lipinski definition) is 4. The van der Waals surface area contributed by atoms with Crippen LogP contribution in [0.4, 0.5) is 13.2 Å². The highest BCUT2D eigenvalue weighted by Crippen LogP contribution is 2.35. The second-order valence-corrected chi connectivity index (χ2v) is 9.70. The summed E-state index contributed by atoms with van der Waals surface area (Å²) in [6.07, 6.45) is -5.02. The fourth-order valence-electron chi connectivity index (χ4n) is 2.84. The molecule has 0 aliphatic heterocycles. The number of amides is 1. The molecule has 33 heavy (non-hydrogen) atoms. The van der Waals surface area contributed by atoms with Crippen molar-refractivity contribution in [3.63, 3.8) is 0 Å². The lowest BCUT2D eigenvalue weighted by Gasteiger charge is -2.16. The molecule has 0 spiro atoms. The molecule has 0 saturated heterocycles. The van der Waals surface area contributed by atoms with Crippen molar-refractivity contribution in [3.05, 3.63) is 82.3 Å². The molecule has 174 valence electrons. The van der Waals surface area contributed by atoms with E-state index in [1.807, 2.05) is 5.32 Å². The first kappa shape index (κ1) is 24.9. The van der Waals surface area contributed by atoms with Crippen molar-refractivity contribution in [1.29, 1.82) is 0 Å². The molecular formula is C22H16Cl2F3NO4S. The van der Waals surface area contributed by atoms with Gasteiger partial charge in [-0.1, -0.05) is 35.3 Å². The van der Waals surface area contributed by atoms with Crippen molar-refractivity contribution in [2.45, 2.75) is 28.9 Å². The van der Waals surface area contributed by atoms with Crippen molar-refractivity contribution < 1.29 is 31.1 Å². The molecule has 11 heteroatoms. The number of nitrogens with one attached hydrogen (secondary N) is 1. The normalized spacial score (nSPS) is 12.8. The molecule has 0 heterocycles. The van der Waals surface area contributed by atoms with Crippen LogP contribution in [-0.4, -0.2) is 20.5 Å².